The molecule has 0 bridgehead atoms. The number of benzene rings is 1. The molecule has 26 heavy (non-hydrogen) atoms. The fourth-order valence-corrected chi connectivity index (χ4v) is 4.50. The molecule has 4 rings (SSSR count). The molecule has 5 heteroatoms. The van der Waals surface area contributed by atoms with Gasteiger partial charge in [-0.05, 0) is 56.0 Å². The van der Waals surface area contributed by atoms with Gasteiger partial charge >= 0.3 is 0 Å². The Balaban J connectivity index is 1.47. The number of carbonyl (C=O) groups excluding carboxylic acids is 1. The fraction of sp³-hybridized carbons (Fsp3) is 0.476. The molecule has 0 aliphatic carbocycles. The first-order chi connectivity index (χ1) is 12.6. The van der Waals surface area contributed by atoms with Crippen LogP contribution in [0.1, 0.15) is 43.2 Å². The number of hydrogen-bond acceptors (Lipinski definition) is 3. The number of carbonyl (C=O) groups is 1. The van der Waals surface area contributed by atoms with Gasteiger partial charge in [-0.15, -0.1) is 0 Å². The molecule has 2 aliphatic rings. The van der Waals surface area contributed by atoms with E-state index in [4.69, 9.17) is 4.42 Å². The molecule has 2 aromatic rings. The normalized spacial score (nSPS) is 24.3. The Hall–Kier alpha value is -2.14. The molecule has 0 N–H and O–H groups in total. The van der Waals surface area contributed by atoms with Gasteiger partial charge in [0.2, 0.25) is 5.91 Å². The predicted octanol–water partition coefficient (Wildman–Crippen LogP) is 3.97. The van der Waals surface area contributed by atoms with Gasteiger partial charge in [0, 0.05) is 37.2 Å². The highest BCUT2D eigenvalue weighted by Crippen LogP contribution is 2.40. The summed E-state index contributed by atoms with van der Waals surface area (Å²) in [6, 6.07) is 8.63. The van der Waals surface area contributed by atoms with Crippen molar-refractivity contribution in [2.75, 3.05) is 13.1 Å². The van der Waals surface area contributed by atoms with E-state index in [1.165, 1.54) is 11.6 Å². The third kappa shape index (κ3) is 3.54. The van der Waals surface area contributed by atoms with Crippen LogP contribution >= 0.6 is 0 Å². The molecule has 0 unspecified atom stereocenters. The predicted molar refractivity (Wildman–Crippen MR) is 96.8 cm³/mol. The SMILES string of the molecule is O=C1CC[C@@]2(CCCN(Cc3ccoc3)CC2)N1Cc1cccc(F)c1. The lowest BCUT2D eigenvalue weighted by molar-refractivity contribution is -0.132. The monoisotopic (exact) mass is 356 g/mol. The molecular formula is C21H25FN2O2. The van der Waals surface area contributed by atoms with E-state index in [9.17, 15) is 9.18 Å². The van der Waals surface area contributed by atoms with Crippen molar-refractivity contribution < 1.29 is 13.6 Å². The lowest BCUT2D eigenvalue weighted by Gasteiger charge is -2.38. The summed E-state index contributed by atoms with van der Waals surface area (Å²) in [5.74, 6) is -0.0344. The summed E-state index contributed by atoms with van der Waals surface area (Å²) < 4.78 is 18.7. The number of hydrogen-bond donors (Lipinski definition) is 0. The minimum absolute atomic E-state index is 0.0749. The molecule has 138 valence electrons. The molecule has 2 saturated heterocycles. The average molecular weight is 356 g/mol. The van der Waals surface area contributed by atoms with Crippen LogP contribution in [0, 0.1) is 5.82 Å². The van der Waals surface area contributed by atoms with Crippen molar-refractivity contribution in [1.82, 2.24) is 9.80 Å². The third-order valence-electron chi connectivity index (χ3n) is 5.90. The molecule has 1 spiro atoms. The molecule has 2 fully saturated rings. The van der Waals surface area contributed by atoms with E-state index in [2.05, 4.69) is 4.90 Å². The molecule has 4 nitrogen and oxygen atoms in total. The Morgan fingerprint density at radius 2 is 2.00 bits per heavy atom. The highest BCUT2D eigenvalue weighted by atomic mass is 19.1. The Morgan fingerprint density at radius 3 is 2.81 bits per heavy atom. The van der Waals surface area contributed by atoms with Crippen LogP contribution in [0.15, 0.2) is 47.3 Å². The number of furan rings is 1. The summed E-state index contributed by atoms with van der Waals surface area (Å²) in [6.45, 7) is 3.41. The Labute approximate surface area is 153 Å². The zero-order chi connectivity index (χ0) is 18.0. The lowest BCUT2D eigenvalue weighted by atomic mass is 9.87. The molecule has 0 saturated carbocycles. The zero-order valence-electron chi connectivity index (χ0n) is 15.0. The smallest absolute Gasteiger partial charge is 0.223 e. The first kappa shape index (κ1) is 17.3. The third-order valence-corrected chi connectivity index (χ3v) is 5.90. The van der Waals surface area contributed by atoms with Gasteiger partial charge in [-0.2, -0.15) is 0 Å². The summed E-state index contributed by atoms with van der Waals surface area (Å²) in [7, 11) is 0. The quantitative estimate of drug-likeness (QED) is 0.832. The second-order valence-electron chi connectivity index (χ2n) is 7.60. The largest absolute Gasteiger partial charge is 0.472 e. The molecule has 1 aromatic heterocycles. The van der Waals surface area contributed by atoms with E-state index in [1.807, 2.05) is 17.0 Å². The first-order valence-corrected chi connectivity index (χ1v) is 9.43. The van der Waals surface area contributed by atoms with Crippen LogP contribution in [0.25, 0.3) is 0 Å². The van der Waals surface area contributed by atoms with Gasteiger partial charge in [0.1, 0.15) is 5.82 Å². The topological polar surface area (TPSA) is 36.7 Å². The van der Waals surface area contributed by atoms with Crippen LogP contribution in [0.5, 0.6) is 0 Å². The molecule has 2 aliphatic heterocycles. The van der Waals surface area contributed by atoms with Crippen LogP contribution in [0.3, 0.4) is 0 Å². The van der Waals surface area contributed by atoms with Crippen LogP contribution in [0.2, 0.25) is 0 Å². The summed E-state index contributed by atoms with van der Waals surface area (Å²) in [6.07, 6.45) is 8.12. The fourth-order valence-electron chi connectivity index (χ4n) is 4.50. The summed E-state index contributed by atoms with van der Waals surface area (Å²) >= 11 is 0. The van der Waals surface area contributed by atoms with Gasteiger partial charge in [0.05, 0.1) is 12.5 Å². The van der Waals surface area contributed by atoms with E-state index in [1.54, 1.807) is 24.7 Å². The summed E-state index contributed by atoms with van der Waals surface area (Å²) in [5, 5.41) is 0. The van der Waals surface area contributed by atoms with Crippen molar-refractivity contribution >= 4 is 5.91 Å². The van der Waals surface area contributed by atoms with Gasteiger partial charge in [0.15, 0.2) is 0 Å². The van der Waals surface area contributed by atoms with Crippen molar-refractivity contribution in [1.29, 1.82) is 0 Å². The van der Waals surface area contributed by atoms with E-state index >= 15 is 0 Å². The molecule has 1 amide bonds. The zero-order valence-corrected chi connectivity index (χ0v) is 15.0. The Morgan fingerprint density at radius 1 is 1.08 bits per heavy atom. The van der Waals surface area contributed by atoms with E-state index in [-0.39, 0.29) is 17.3 Å². The maximum atomic E-state index is 13.6. The Bertz CT molecular complexity index is 761. The maximum absolute atomic E-state index is 13.6. The molecular weight excluding hydrogens is 331 g/mol. The first-order valence-electron chi connectivity index (χ1n) is 9.43. The Kier molecular flexibility index (Phi) is 4.81. The van der Waals surface area contributed by atoms with Crippen molar-refractivity contribution in [3.8, 4) is 0 Å². The van der Waals surface area contributed by atoms with Gasteiger partial charge < -0.3 is 9.32 Å². The standard InChI is InChI=1S/C21H25FN2O2/c22-19-4-1-3-17(13-19)15-24-20(25)5-8-21(24)7-2-10-23(11-9-21)14-18-6-12-26-16-18/h1,3-4,6,12-13,16H,2,5,7-11,14-15H2/t21-/m1/s1. The van der Waals surface area contributed by atoms with Crippen molar-refractivity contribution in [3.05, 3.63) is 59.8 Å². The number of halogens is 1. The molecule has 1 atom stereocenters. The number of likely N-dealkylation sites (tertiary alicyclic amines) is 2. The minimum Gasteiger partial charge on any atom is -0.472 e. The van der Waals surface area contributed by atoms with Crippen LogP contribution < -0.4 is 0 Å². The maximum Gasteiger partial charge on any atom is 0.223 e. The molecule has 1 aromatic carbocycles. The second-order valence-corrected chi connectivity index (χ2v) is 7.60. The average Bonchev–Trinajstić information content (AvgIpc) is 3.17. The summed E-state index contributed by atoms with van der Waals surface area (Å²) in [5.41, 5.74) is 1.99. The highest BCUT2D eigenvalue weighted by Gasteiger charge is 2.45. The molecule has 3 heterocycles. The van der Waals surface area contributed by atoms with Crippen molar-refractivity contribution in [3.63, 3.8) is 0 Å². The number of amides is 1. The van der Waals surface area contributed by atoms with Crippen molar-refractivity contribution in [2.45, 2.75) is 50.7 Å². The van der Waals surface area contributed by atoms with Crippen LogP contribution in [0.4, 0.5) is 4.39 Å². The summed E-state index contributed by atoms with van der Waals surface area (Å²) in [4.78, 5) is 17.1. The van der Waals surface area contributed by atoms with Gasteiger partial charge in [-0.1, -0.05) is 12.1 Å². The van der Waals surface area contributed by atoms with Gasteiger partial charge in [-0.25, -0.2) is 4.39 Å². The van der Waals surface area contributed by atoms with Crippen LogP contribution in [-0.2, 0) is 17.9 Å². The highest BCUT2D eigenvalue weighted by molar-refractivity contribution is 5.79. The number of nitrogens with zero attached hydrogens (tertiary/aromatic N) is 2. The van der Waals surface area contributed by atoms with Gasteiger partial charge in [0.25, 0.3) is 0 Å². The number of rotatable bonds is 4. The molecule has 0 radical (unpaired) electrons. The van der Waals surface area contributed by atoms with Crippen LogP contribution in [-0.4, -0.2) is 34.3 Å². The second kappa shape index (κ2) is 7.23. The lowest BCUT2D eigenvalue weighted by Crippen LogP contribution is -2.45. The van der Waals surface area contributed by atoms with E-state index < -0.39 is 0 Å². The van der Waals surface area contributed by atoms with Gasteiger partial charge in [-0.3, -0.25) is 9.69 Å². The van der Waals surface area contributed by atoms with Crippen molar-refractivity contribution in [2.24, 2.45) is 0 Å². The van der Waals surface area contributed by atoms with E-state index in [0.717, 1.165) is 50.9 Å². The van der Waals surface area contributed by atoms with E-state index in [0.29, 0.717) is 13.0 Å². The minimum atomic E-state index is -0.240.